The normalized spacial score (nSPS) is 13.8. The Hall–Kier alpha value is -1.00. The number of hydrogen-bond acceptors (Lipinski definition) is 4. The first-order valence-electron chi connectivity index (χ1n) is 6.96. The van der Waals surface area contributed by atoms with Crippen LogP contribution in [-0.2, 0) is 9.53 Å². The first kappa shape index (κ1) is 17.1. The van der Waals surface area contributed by atoms with Crippen LogP contribution in [0.1, 0.15) is 31.4 Å². The third-order valence-corrected chi connectivity index (χ3v) is 4.73. The summed E-state index contributed by atoms with van der Waals surface area (Å²) in [5.41, 5.74) is 1.83. The molecule has 1 N–H and O–H groups in total. The first-order chi connectivity index (χ1) is 9.42. The number of esters is 1. The third-order valence-electron chi connectivity index (χ3n) is 3.26. The number of thioether (sulfide) groups is 1. The summed E-state index contributed by atoms with van der Waals surface area (Å²) in [6, 6.07) is 6.39. The van der Waals surface area contributed by atoms with Crippen LogP contribution < -0.4 is 5.32 Å². The van der Waals surface area contributed by atoms with Crippen molar-refractivity contribution in [2.45, 2.75) is 44.6 Å². The Labute approximate surface area is 126 Å². The van der Waals surface area contributed by atoms with Gasteiger partial charge in [-0.1, -0.05) is 24.6 Å². The zero-order chi connectivity index (χ0) is 15.2. The monoisotopic (exact) mass is 295 g/mol. The summed E-state index contributed by atoms with van der Waals surface area (Å²) in [4.78, 5) is 13.2. The maximum absolute atomic E-state index is 12.0. The maximum atomic E-state index is 12.0. The van der Waals surface area contributed by atoms with Crippen molar-refractivity contribution in [2.24, 2.45) is 0 Å². The van der Waals surface area contributed by atoms with Gasteiger partial charge >= 0.3 is 5.97 Å². The molecule has 1 aromatic carbocycles. The largest absolute Gasteiger partial charge is 0.468 e. The zero-order valence-corrected chi connectivity index (χ0v) is 13.9. The van der Waals surface area contributed by atoms with Gasteiger partial charge in [-0.25, -0.2) is 0 Å². The molecule has 0 heterocycles. The second kappa shape index (κ2) is 7.70. The van der Waals surface area contributed by atoms with Gasteiger partial charge in [0, 0.05) is 10.6 Å². The molecule has 1 unspecified atom stereocenters. The van der Waals surface area contributed by atoms with Crippen molar-refractivity contribution in [3.8, 4) is 0 Å². The van der Waals surface area contributed by atoms with Crippen LogP contribution in [0.3, 0.4) is 0 Å². The van der Waals surface area contributed by atoms with Gasteiger partial charge in [0.1, 0.15) is 5.54 Å². The van der Waals surface area contributed by atoms with Gasteiger partial charge in [0.15, 0.2) is 0 Å². The number of hydrogen-bond donors (Lipinski definition) is 1. The van der Waals surface area contributed by atoms with Crippen LogP contribution in [0.2, 0.25) is 0 Å². The van der Waals surface area contributed by atoms with Crippen molar-refractivity contribution in [2.75, 3.05) is 19.4 Å². The van der Waals surface area contributed by atoms with E-state index in [1.165, 1.54) is 23.1 Å². The van der Waals surface area contributed by atoms with Crippen molar-refractivity contribution < 1.29 is 9.53 Å². The second-order valence-electron chi connectivity index (χ2n) is 5.31. The molecular weight excluding hydrogens is 270 g/mol. The Balaban J connectivity index is 2.80. The summed E-state index contributed by atoms with van der Waals surface area (Å²) < 4.78 is 4.94. The molecule has 20 heavy (non-hydrogen) atoms. The first-order valence-corrected chi connectivity index (χ1v) is 7.95. The molecule has 0 aliphatic heterocycles. The second-order valence-corrected chi connectivity index (χ2v) is 6.33. The van der Waals surface area contributed by atoms with E-state index in [0.29, 0.717) is 5.75 Å². The van der Waals surface area contributed by atoms with E-state index in [4.69, 9.17) is 4.74 Å². The Morgan fingerprint density at radius 1 is 1.40 bits per heavy atom. The lowest BCUT2D eigenvalue weighted by Gasteiger charge is -2.27. The summed E-state index contributed by atoms with van der Waals surface area (Å²) in [5, 5.41) is 3.31. The van der Waals surface area contributed by atoms with Crippen LogP contribution in [-0.4, -0.2) is 30.9 Å². The molecular formula is C16H25NO2S. The van der Waals surface area contributed by atoms with Crippen LogP contribution >= 0.6 is 11.8 Å². The number of nitrogens with one attached hydrogen (secondary N) is 1. The van der Waals surface area contributed by atoms with Crippen molar-refractivity contribution in [1.29, 1.82) is 0 Å². The van der Waals surface area contributed by atoms with E-state index in [1.54, 1.807) is 11.8 Å². The number of rotatable bonds is 7. The highest BCUT2D eigenvalue weighted by molar-refractivity contribution is 7.99. The molecule has 112 valence electrons. The van der Waals surface area contributed by atoms with Crippen LogP contribution in [0.15, 0.2) is 23.1 Å². The smallest absolute Gasteiger partial charge is 0.326 e. The standard InChI is InChI=1S/C16H25NO2S/c1-6-9-17-16(4,15(18)19-5)11-20-14-10-12(2)7-8-13(14)3/h7-8,10,17H,6,9,11H2,1-5H3. The SMILES string of the molecule is CCCNC(C)(CSc1cc(C)ccc1C)C(=O)OC. The molecule has 1 rings (SSSR count). The van der Waals surface area contributed by atoms with Crippen LogP contribution in [0.25, 0.3) is 0 Å². The van der Waals surface area contributed by atoms with Gasteiger partial charge in [-0.3, -0.25) is 4.79 Å². The molecule has 4 heteroatoms. The lowest BCUT2D eigenvalue weighted by molar-refractivity contribution is -0.146. The molecule has 0 saturated carbocycles. The fraction of sp³-hybridized carbons (Fsp3) is 0.562. The summed E-state index contributed by atoms with van der Waals surface area (Å²) >= 11 is 1.70. The van der Waals surface area contributed by atoms with Gasteiger partial charge < -0.3 is 10.1 Å². The molecule has 0 aliphatic rings. The summed E-state index contributed by atoms with van der Waals surface area (Å²) in [7, 11) is 1.44. The molecule has 0 fully saturated rings. The number of benzene rings is 1. The summed E-state index contributed by atoms with van der Waals surface area (Å²) in [6.45, 7) is 8.98. The number of aryl methyl sites for hydroxylation is 2. The highest BCUT2D eigenvalue weighted by Gasteiger charge is 2.33. The molecule has 3 nitrogen and oxygen atoms in total. The summed E-state index contributed by atoms with van der Waals surface area (Å²) in [5.74, 6) is 0.452. The molecule has 0 aliphatic carbocycles. The molecule has 0 amide bonds. The highest BCUT2D eigenvalue weighted by atomic mass is 32.2. The van der Waals surface area contributed by atoms with Gasteiger partial charge in [0.05, 0.1) is 7.11 Å². The van der Waals surface area contributed by atoms with Gasteiger partial charge in [0.25, 0.3) is 0 Å². The van der Waals surface area contributed by atoms with E-state index < -0.39 is 5.54 Å². The van der Waals surface area contributed by atoms with Crippen LogP contribution in [0, 0.1) is 13.8 Å². The average molecular weight is 295 g/mol. The molecule has 0 spiro atoms. The molecule has 0 radical (unpaired) electrons. The molecule has 0 aromatic heterocycles. The number of carbonyl (C=O) groups excluding carboxylic acids is 1. The maximum Gasteiger partial charge on any atom is 0.326 e. The number of carbonyl (C=O) groups is 1. The fourth-order valence-electron chi connectivity index (χ4n) is 1.89. The minimum atomic E-state index is -0.647. The predicted molar refractivity (Wildman–Crippen MR) is 85.4 cm³/mol. The molecule has 1 aromatic rings. The lowest BCUT2D eigenvalue weighted by atomic mass is 10.1. The van der Waals surface area contributed by atoms with Gasteiger partial charge in [-0.2, -0.15) is 0 Å². The van der Waals surface area contributed by atoms with E-state index in [1.807, 2.05) is 6.92 Å². The van der Waals surface area contributed by atoms with Crippen LogP contribution in [0.5, 0.6) is 0 Å². The zero-order valence-electron chi connectivity index (χ0n) is 13.1. The van der Waals surface area contributed by atoms with Gasteiger partial charge in [0.2, 0.25) is 0 Å². The van der Waals surface area contributed by atoms with Gasteiger partial charge in [-0.15, -0.1) is 11.8 Å². The van der Waals surface area contributed by atoms with E-state index >= 15 is 0 Å². The molecule has 0 saturated heterocycles. The van der Waals surface area contributed by atoms with Gasteiger partial charge in [-0.05, 0) is 45.4 Å². The van der Waals surface area contributed by atoms with E-state index in [-0.39, 0.29) is 5.97 Å². The molecule has 0 bridgehead atoms. The number of ether oxygens (including phenoxy) is 1. The quantitative estimate of drug-likeness (QED) is 0.618. The number of methoxy groups -OCH3 is 1. The average Bonchev–Trinajstić information content (AvgIpc) is 2.45. The fourth-order valence-corrected chi connectivity index (χ4v) is 3.12. The lowest BCUT2D eigenvalue weighted by Crippen LogP contribution is -2.52. The Kier molecular flexibility index (Phi) is 6.56. The minimum absolute atomic E-state index is 0.205. The van der Waals surface area contributed by atoms with Crippen molar-refractivity contribution in [1.82, 2.24) is 5.32 Å². The minimum Gasteiger partial charge on any atom is -0.468 e. The van der Waals surface area contributed by atoms with E-state index in [0.717, 1.165) is 13.0 Å². The predicted octanol–water partition coefficient (Wildman–Crippen LogP) is 3.33. The van der Waals surface area contributed by atoms with Crippen molar-refractivity contribution >= 4 is 17.7 Å². The Morgan fingerprint density at radius 3 is 2.70 bits per heavy atom. The van der Waals surface area contributed by atoms with Crippen molar-refractivity contribution in [3.05, 3.63) is 29.3 Å². The third kappa shape index (κ3) is 4.53. The highest BCUT2D eigenvalue weighted by Crippen LogP contribution is 2.27. The molecule has 1 atom stereocenters. The topological polar surface area (TPSA) is 38.3 Å². The van der Waals surface area contributed by atoms with E-state index in [2.05, 4.69) is 44.3 Å². The Bertz CT molecular complexity index is 462. The summed E-state index contributed by atoms with van der Waals surface area (Å²) in [6.07, 6.45) is 0.987. The van der Waals surface area contributed by atoms with E-state index in [9.17, 15) is 4.79 Å². The van der Waals surface area contributed by atoms with Crippen LogP contribution in [0.4, 0.5) is 0 Å². The van der Waals surface area contributed by atoms with Crippen molar-refractivity contribution in [3.63, 3.8) is 0 Å². The Morgan fingerprint density at radius 2 is 2.10 bits per heavy atom.